The van der Waals surface area contributed by atoms with Gasteiger partial charge in [-0.2, -0.15) is 11.8 Å². The van der Waals surface area contributed by atoms with Crippen molar-refractivity contribution >= 4 is 40.0 Å². The van der Waals surface area contributed by atoms with E-state index >= 15 is 0 Å². The summed E-state index contributed by atoms with van der Waals surface area (Å²) >= 11 is 2.92. The summed E-state index contributed by atoms with van der Waals surface area (Å²) in [5.74, 6) is 0.114. The topological polar surface area (TPSA) is 81.4 Å². The number of nitrogens with one attached hydrogen (secondary N) is 1. The van der Waals surface area contributed by atoms with E-state index in [1.165, 1.54) is 11.3 Å². The molecule has 0 aliphatic heterocycles. The van der Waals surface area contributed by atoms with Crippen LogP contribution in [0.25, 0.3) is 0 Å². The van der Waals surface area contributed by atoms with Gasteiger partial charge in [-0.1, -0.05) is 0 Å². The summed E-state index contributed by atoms with van der Waals surface area (Å²) in [4.78, 5) is 23.5. The van der Waals surface area contributed by atoms with Crippen molar-refractivity contribution in [2.45, 2.75) is 19.4 Å². The Bertz CT molecular complexity index is 434. The minimum atomic E-state index is -0.565. The molecule has 3 N–H and O–H groups in total. The molecule has 0 aliphatic rings. The fourth-order valence-electron chi connectivity index (χ4n) is 1.36. The molecule has 0 radical (unpaired) electrons. The zero-order chi connectivity index (χ0) is 14.3. The number of hydrogen-bond acceptors (Lipinski definition) is 6. The highest BCUT2D eigenvalue weighted by Gasteiger charge is 2.19. The molecule has 1 heterocycles. The Hall–Kier alpha value is -1.05. The van der Waals surface area contributed by atoms with Crippen LogP contribution in [0.4, 0.5) is 5.00 Å². The number of amides is 1. The van der Waals surface area contributed by atoms with Gasteiger partial charge in [-0.05, 0) is 36.8 Å². The first kappa shape index (κ1) is 16.0. The van der Waals surface area contributed by atoms with Gasteiger partial charge in [-0.25, -0.2) is 4.79 Å². The Morgan fingerprint density at radius 3 is 2.95 bits per heavy atom. The van der Waals surface area contributed by atoms with Crippen LogP contribution in [0.3, 0.4) is 0 Å². The lowest BCUT2D eigenvalue weighted by molar-refractivity contribution is -0.117. The van der Waals surface area contributed by atoms with E-state index < -0.39 is 12.0 Å². The SMILES string of the molecule is CCOC(=O)c1ccsc1NC(=O)[C@@H](N)CCSC. The maximum atomic E-state index is 11.9. The minimum Gasteiger partial charge on any atom is -0.462 e. The van der Waals surface area contributed by atoms with Crippen LogP contribution in [-0.2, 0) is 9.53 Å². The summed E-state index contributed by atoms with van der Waals surface area (Å²) in [6.07, 6.45) is 2.57. The quantitative estimate of drug-likeness (QED) is 0.752. The van der Waals surface area contributed by atoms with Crippen molar-refractivity contribution in [2.75, 3.05) is 23.9 Å². The Labute approximate surface area is 120 Å². The average Bonchev–Trinajstić information content (AvgIpc) is 2.84. The lowest BCUT2D eigenvalue weighted by atomic mass is 10.2. The van der Waals surface area contributed by atoms with Crippen LogP contribution in [-0.4, -0.2) is 36.5 Å². The van der Waals surface area contributed by atoms with Gasteiger partial charge in [0.05, 0.1) is 18.2 Å². The van der Waals surface area contributed by atoms with Crippen LogP contribution < -0.4 is 11.1 Å². The van der Waals surface area contributed by atoms with Gasteiger partial charge in [0.1, 0.15) is 5.00 Å². The number of ether oxygens (including phenoxy) is 1. The third kappa shape index (κ3) is 4.85. The molecule has 1 amide bonds. The molecule has 0 bridgehead atoms. The van der Waals surface area contributed by atoms with Crippen LogP contribution in [0.5, 0.6) is 0 Å². The van der Waals surface area contributed by atoms with Crippen LogP contribution >= 0.6 is 23.1 Å². The predicted octanol–water partition coefficient (Wildman–Crippen LogP) is 1.94. The molecule has 0 aromatic carbocycles. The van der Waals surface area contributed by atoms with Gasteiger partial charge in [0.2, 0.25) is 5.91 Å². The molecule has 1 aromatic rings. The van der Waals surface area contributed by atoms with Crippen LogP contribution in [0.15, 0.2) is 11.4 Å². The van der Waals surface area contributed by atoms with Crippen molar-refractivity contribution in [3.05, 3.63) is 17.0 Å². The second-order valence-electron chi connectivity index (χ2n) is 3.76. The highest BCUT2D eigenvalue weighted by molar-refractivity contribution is 7.98. The highest BCUT2D eigenvalue weighted by atomic mass is 32.2. The van der Waals surface area contributed by atoms with E-state index in [9.17, 15) is 9.59 Å². The first-order valence-corrected chi connectivity index (χ1v) is 8.17. The zero-order valence-corrected chi connectivity index (χ0v) is 12.6. The number of nitrogens with two attached hydrogens (primary N) is 1. The number of carbonyl (C=O) groups excluding carboxylic acids is 2. The Morgan fingerprint density at radius 1 is 1.58 bits per heavy atom. The summed E-state index contributed by atoms with van der Waals surface area (Å²) < 4.78 is 4.92. The van der Waals surface area contributed by atoms with Crippen molar-refractivity contribution < 1.29 is 14.3 Å². The smallest absolute Gasteiger partial charge is 0.341 e. The summed E-state index contributed by atoms with van der Waals surface area (Å²) in [6.45, 7) is 2.04. The number of hydrogen-bond donors (Lipinski definition) is 2. The van der Waals surface area contributed by atoms with Gasteiger partial charge in [0, 0.05) is 0 Å². The molecule has 0 aliphatic carbocycles. The third-order valence-corrected chi connectivity index (χ3v) is 3.84. The molecule has 0 fully saturated rings. The largest absolute Gasteiger partial charge is 0.462 e. The number of thiophene rings is 1. The molecule has 19 heavy (non-hydrogen) atoms. The predicted molar refractivity (Wildman–Crippen MR) is 79.9 cm³/mol. The van der Waals surface area contributed by atoms with Crippen LogP contribution in [0.1, 0.15) is 23.7 Å². The van der Waals surface area contributed by atoms with E-state index in [1.807, 2.05) is 6.26 Å². The lowest BCUT2D eigenvalue weighted by Crippen LogP contribution is -2.36. The van der Waals surface area contributed by atoms with Gasteiger partial charge >= 0.3 is 5.97 Å². The van der Waals surface area contributed by atoms with E-state index in [0.717, 1.165) is 5.75 Å². The average molecular weight is 302 g/mol. The number of carbonyl (C=O) groups is 2. The summed E-state index contributed by atoms with van der Waals surface area (Å²) in [5, 5.41) is 4.90. The van der Waals surface area contributed by atoms with E-state index in [2.05, 4.69) is 5.32 Å². The molecule has 0 unspecified atom stereocenters. The maximum absolute atomic E-state index is 11.9. The maximum Gasteiger partial charge on any atom is 0.341 e. The molecule has 106 valence electrons. The standard InChI is InChI=1S/C12H18N2O3S2/c1-3-17-12(16)8-4-7-19-11(8)14-10(15)9(13)5-6-18-2/h4,7,9H,3,5-6,13H2,1-2H3,(H,14,15)/t9-/m0/s1. The van der Waals surface area contributed by atoms with Gasteiger partial charge in [0.15, 0.2) is 0 Å². The van der Waals surface area contributed by atoms with E-state index in [4.69, 9.17) is 10.5 Å². The molecular formula is C12H18N2O3S2. The fourth-order valence-corrected chi connectivity index (χ4v) is 2.62. The van der Waals surface area contributed by atoms with Gasteiger partial charge in [0.25, 0.3) is 0 Å². The van der Waals surface area contributed by atoms with Crippen molar-refractivity contribution in [3.8, 4) is 0 Å². The first-order chi connectivity index (χ1) is 9.10. The van der Waals surface area contributed by atoms with Crippen molar-refractivity contribution in [2.24, 2.45) is 5.73 Å². The second kappa shape index (κ2) is 8.19. The van der Waals surface area contributed by atoms with Gasteiger partial charge in [-0.3, -0.25) is 4.79 Å². The summed E-state index contributed by atoms with van der Waals surface area (Å²) in [6, 6.07) is 1.07. The number of anilines is 1. The number of esters is 1. The molecule has 0 saturated carbocycles. The normalized spacial score (nSPS) is 11.9. The first-order valence-electron chi connectivity index (χ1n) is 5.90. The van der Waals surface area contributed by atoms with Gasteiger partial charge < -0.3 is 15.8 Å². The number of rotatable bonds is 7. The van der Waals surface area contributed by atoms with Crippen LogP contribution in [0.2, 0.25) is 0 Å². The molecule has 1 rings (SSSR count). The number of thioether (sulfide) groups is 1. The summed E-state index contributed by atoms with van der Waals surface area (Å²) in [7, 11) is 0. The monoisotopic (exact) mass is 302 g/mol. The van der Waals surface area contributed by atoms with Crippen molar-refractivity contribution in [1.82, 2.24) is 0 Å². The molecule has 0 saturated heterocycles. The zero-order valence-electron chi connectivity index (χ0n) is 11.0. The van der Waals surface area contributed by atoms with E-state index in [-0.39, 0.29) is 5.91 Å². The molecule has 1 aromatic heterocycles. The summed E-state index contributed by atoms with van der Waals surface area (Å²) in [5.41, 5.74) is 6.14. The molecule has 0 spiro atoms. The molecule has 7 heteroatoms. The Morgan fingerprint density at radius 2 is 2.32 bits per heavy atom. The highest BCUT2D eigenvalue weighted by Crippen LogP contribution is 2.24. The lowest BCUT2D eigenvalue weighted by Gasteiger charge is -2.11. The van der Waals surface area contributed by atoms with Gasteiger partial charge in [-0.15, -0.1) is 11.3 Å². The van der Waals surface area contributed by atoms with Crippen molar-refractivity contribution in [3.63, 3.8) is 0 Å². The van der Waals surface area contributed by atoms with Crippen molar-refractivity contribution in [1.29, 1.82) is 0 Å². The third-order valence-electron chi connectivity index (χ3n) is 2.37. The Kier molecular flexibility index (Phi) is 6.90. The fraction of sp³-hybridized carbons (Fsp3) is 0.500. The molecule has 1 atom stereocenters. The second-order valence-corrected chi connectivity index (χ2v) is 5.66. The minimum absolute atomic E-state index is 0.276. The van der Waals surface area contributed by atoms with E-state index in [0.29, 0.717) is 23.6 Å². The van der Waals surface area contributed by atoms with E-state index in [1.54, 1.807) is 30.1 Å². The van der Waals surface area contributed by atoms with Crippen LogP contribution in [0, 0.1) is 0 Å². The molecular weight excluding hydrogens is 284 g/mol. The molecule has 5 nitrogen and oxygen atoms in total. The Balaban J connectivity index is 2.64.